The molecule has 8 heteroatoms. The highest BCUT2D eigenvalue weighted by Gasteiger charge is 2.34. The lowest BCUT2D eigenvalue weighted by atomic mass is 10.1. The minimum absolute atomic E-state index is 0.0631. The number of para-hydroxylation sites is 1. The summed E-state index contributed by atoms with van der Waals surface area (Å²) in [7, 11) is 1.43. The molecule has 0 aromatic heterocycles. The van der Waals surface area contributed by atoms with Gasteiger partial charge in [0, 0.05) is 5.56 Å². The number of rotatable bonds is 7. The number of carbonyl (C=O) groups is 3. The zero-order chi connectivity index (χ0) is 21.8. The molecule has 0 aliphatic carbocycles. The number of carbonyl (C=O) groups excluding carboxylic acids is 2. The number of carboxylic acids is 1. The number of imide groups is 1. The molecular weight excluding hydrogens is 388 g/mol. The van der Waals surface area contributed by atoms with Crippen LogP contribution < -0.4 is 14.8 Å². The average Bonchev–Trinajstić information content (AvgIpc) is 2.98. The van der Waals surface area contributed by atoms with E-state index in [4.69, 9.17) is 14.6 Å². The SMILES string of the molecule is COc1cccc(/C=C2\NC(=O)N(Cc3ccc(C)cc3)C2=O)c1O[C@@H](C)C(=O)O. The molecule has 0 radical (unpaired) electrons. The smallest absolute Gasteiger partial charge is 0.344 e. The van der Waals surface area contributed by atoms with Gasteiger partial charge in [-0.3, -0.25) is 9.69 Å². The van der Waals surface area contributed by atoms with Crippen LogP contribution in [0.2, 0.25) is 0 Å². The van der Waals surface area contributed by atoms with E-state index >= 15 is 0 Å². The number of amides is 3. The van der Waals surface area contributed by atoms with Crippen molar-refractivity contribution < 1.29 is 29.0 Å². The zero-order valence-electron chi connectivity index (χ0n) is 16.8. The van der Waals surface area contributed by atoms with E-state index in [2.05, 4.69) is 5.32 Å². The fourth-order valence-corrected chi connectivity index (χ4v) is 2.91. The van der Waals surface area contributed by atoms with Crippen LogP contribution in [0.3, 0.4) is 0 Å². The third kappa shape index (κ3) is 4.43. The highest BCUT2D eigenvalue weighted by Crippen LogP contribution is 2.34. The summed E-state index contributed by atoms with van der Waals surface area (Å²) < 4.78 is 10.8. The Hall–Kier alpha value is -3.81. The molecule has 1 heterocycles. The molecule has 0 bridgehead atoms. The summed E-state index contributed by atoms with van der Waals surface area (Å²) in [6, 6.07) is 11.9. The van der Waals surface area contributed by atoms with Gasteiger partial charge in [0.2, 0.25) is 0 Å². The highest BCUT2D eigenvalue weighted by atomic mass is 16.5. The Morgan fingerprint density at radius 2 is 1.90 bits per heavy atom. The largest absolute Gasteiger partial charge is 0.493 e. The van der Waals surface area contributed by atoms with Gasteiger partial charge in [-0.2, -0.15) is 0 Å². The number of urea groups is 1. The number of nitrogens with zero attached hydrogens (tertiary/aromatic N) is 1. The first kappa shape index (κ1) is 20.9. The van der Waals surface area contributed by atoms with Crippen LogP contribution >= 0.6 is 0 Å². The number of aliphatic carboxylic acids is 1. The molecule has 1 atom stereocenters. The lowest BCUT2D eigenvalue weighted by Crippen LogP contribution is -2.30. The molecule has 156 valence electrons. The normalized spacial score (nSPS) is 15.8. The van der Waals surface area contributed by atoms with E-state index in [9.17, 15) is 14.4 Å². The van der Waals surface area contributed by atoms with Crippen molar-refractivity contribution in [1.82, 2.24) is 10.2 Å². The van der Waals surface area contributed by atoms with Crippen LogP contribution in [0.4, 0.5) is 4.79 Å². The zero-order valence-corrected chi connectivity index (χ0v) is 16.8. The molecule has 0 saturated carbocycles. The van der Waals surface area contributed by atoms with Crippen molar-refractivity contribution in [3.05, 3.63) is 64.9 Å². The van der Waals surface area contributed by atoms with Gasteiger partial charge < -0.3 is 19.9 Å². The Labute approximate surface area is 173 Å². The number of hydrogen-bond acceptors (Lipinski definition) is 5. The molecule has 2 aromatic carbocycles. The van der Waals surface area contributed by atoms with Crippen LogP contribution in [0.5, 0.6) is 11.5 Å². The van der Waals surface area contributed by atoms with Gasteiger partial charge >= 0.3 is 12.0 Å². The number of carboxylic acid groups (broad SMARTS) is 1. The van der Waals surface area contributed by atoms with Crippen LogP contribution in [-0.4, -0.2) is 41.1 Å². The minimum Gasteiger partial charge on any atom is -0.493 e. The van der Waals surface area contributed by atoms with Gasteiger partial charge in [0.15, 0.2) is 17.6 Å². The molecule has 30 heavy (non-hydrogen) atoms. The first-order valence-electron chi connectivity index (χ1n) is 9.26. The fourth-order valence-electron chi connectivity index (χ4n) is 2.91. The first-order chi connectivity index (χ1) is 14.3. The third-order valence-electron chi connectivity index (χ3n) is 4.60. The van der Waals surface area contributed by atoms with E-state index in [-0.39, 0.29) is 18.0 Å². The number of hydrogen-bond donors (Lipinski definition) is 2. The van der Waals surface area contributed by atoms with Gasteiger partial charge in [0.1, 0.15) is 5.70 Å². The first-order valence-corrected chi connectivity index (χ1v) is 9.26. The number of nitrogens with one attached hydrogen (secondary N) is 1. The van der Waals surface area contributed by atoms with Crippen molar-refractivity contribution in [1.29, 1.82) is 0 Å². The van der Waals surface area contributed by atoms with Crippen molar-refractivity contribution in [2.75, 3.05) is 7.11 Å². The summed E-state index contributed by atoms with van der Waals surface area (Å²) in [5, 5.41) is 11.7. The summed E-state index contributed by atoms with van der Waals surface area (Å²) in [4.78, 5) is 37.4. The standard InChI is InChI=1S/C22H22N2O6/c1-13-7-9-15(10-8-13)12-24-20(25)17(23-22(24)28)11-16-5-4-6-18(29-3)19(16)30-14(2)21(26)27/h4-11,14H,12H2,1-3H3,(H,23,28)(H,26,27)/b17-11-/t14-/m0/s1. The summed E-state index contributed by atoms with van der Waals surface area (Å²) >= 11 is 0. The lowest BCUT2D eigenvalue weighted by Gasteiger charge is -2.16. The molecule has 2 N–H and O–H groups in total. The van der Waals surface area contributed by atoms with Crippen LogP contribution in [0.15, 0.2) is 48.2 Å². The fraction of sp³-hybridized carbons (Fsp3) is 0.227. The monoisotopic (exact) mass is 410 g/mol. The van der Waals surface area contributed by atoms with Gasteiger partial charge in [-0.15, -0.1) is 0 Å². The third-order valence-corrected chi connectivity index (χ3v) is 4.60. The van der Waals surface area contributed by atoms with Gasteiger partial charge in [0.05, 0.1) is 13.7 Å². The molecule has 0 unspecified atom stereocenters. The van der Waals surface area contributed by atoms with E-state index < -0.39 is 24.0 Å². The molecule has 1 saturated heterocycles. The van der Waals surface area contributed by atoms with Gasteiger partial charge in [0.25, 0.3) is 5.91 Å². The molecule has 1 fully saturated rings. The number of methoxy groups -OCH3 is 1. The summed E-state index contributed by atoms with van der Waals surface area (Å²) in [6.07, 6.45) is 0.312. The summed E-state index contributed by atoms with van der Waals surface area (Å²) in [6.45, 7) is 3.48. The van der Waals surface area contributed by atoms with Crippen LogP contribution in [0.25, 0.3) is 6.08 Å². The Balaban J connectivity index is 1.89. The molecule has 1 aliphatic heterocycles. The summed E-state index contributed by atoms with van der Waals surface area (Å²) in [5.41, 5.74) is 2.38. The van der Waals surface area contributed by atoms with E-state index in [1.807, 2.05) is 31.2 Å². The number of ether oxygens (including phenoxy) is 2. The quantitative estimate of drug-likeness (QED) is 0.537. The minimum atomic E-state index is -1.14. The predicted molar refractivity (Wildman–Crippen MR) is 109 cm³/mol. The van der Waals surface area contributed by atoms with Crippen molar-refractivity contribution in [3.63, 3.8) is 0 Å². The molecule has 3 amide bonds. The second-order valence-corrected chi connectivity index (χ2v) is 6.84. The maximum Gasteiger partial charge on any atom is 0.344 e. The highest BCUT2D eigenvalue weighted by molar-refractivity contribution is 6.14. The second-order valence-electron chi connectivity index (χ2n) is 6.84. The van der Waals surface area contributed by atoms with Crippen molar-refractivity contribution >= 4 is 24.0 Å². The number of aryl methyl sites for hydroxylation is 1. The van der Waals surface area contributed by atoms with Crippen molar-refractivity contribution in [3.8, 4) is 11.5 Å². The predicted octanol–water partition coefficient (Wildman–Crippen LogP) is 2.95. The van der Waals surface area contributed by atoms with Crippen molar-refractivity contribution in [2.24, 2.45) is 0 Å². The lowest BCUT2D eigenvalue weighted by molar-refractivity contribution is -0.144. The van der Waals surface area contributed by atoms with Crippen LogP contribution in [-0.2, 0) is 16.1 Å². The van der Waals surface area contributed by atoms with Gasteiger partial charge in [-0.1, -0.05) is 42.0 Å². The Kier molecular flexibility index (Phi) is 6.06. The molecule has 1 aliphatic rings. The van der Waals surface area contributed by atoms with Gasteiger partial charge in [-0.25, -0.2) is 9.59 Å². The van der Waals surface area contributed by atoms with E-state index in [1.165, 1.54) is 20.1 Å². The molecule has 3 rings (SSSR count). The molecule has 0 spiro atoms. The maximum absolute atomic E-state index is 12.8. The van der Waals surface area contributed by atoms with Crippen LogP contribution in [0, 0.1) is 6.92 Å². The maximum atomic E-state index is 12.8. The van der Waals surface area contributed by atoms with E-state index in [1.54, 1.807) is 18.2 Å². The summed E-state index contributed by atoms with van der Waals surface area (Å²) in [5.74, 6) is -1.15. The number of benzene rings is 2. The topological polar surface area (TPSA) is 105 Å². The Morgan fingerprint density at radius 3 is 2.53 bits per heavy atom. The van der Waals surface area contributed by atoms with E-state index in [0.717, 1.165) is 16.0 Å². The Morgan fingerprint density at radius 1 is 1.20 bits per heavy atom. The molecule has 8 nitrogen and oxygen atoms in total. The second kappa shape index (κ2) is 8.69. The van der Waals surface area contributed by atoms with Crippen molar-refractivity contribution in [2.45, 2.75) is 26.5 Å². The van der Waals surface area contributed by atoms with Gasteiger partial charge in [-0.05, 0) is 31.6 Å². The van der Waals surface area contributed by atoms with E-state index in [0.29, 0.717) is 11.3 Å². The Bertz CT molecular complexity index is 1010. The average molecular weight is 410 g/mol. The molecular formula is C22H22N2O6. The van der Waals surface area contributed by atoms with Crippen LogP contribution in [0.1, 0.15) is 23.6 Å². The molecule has 2 aromatic rings.